The molecule has 0 nitrogen and oxygen atoms in total. The van der Waals surface area contributed by atoms with E-state index in [0.717, 1.165) is 0 Å². The minimum absolute atomic E-state index is 0.135. The van der Waals surface area contributed by atoms with Crippen molar-refractivity contribution in [2.24, 2.45) is 0 Å². The topological polar surface area (TPSA) is 0 Å². The van der Waals surface area contributed by atoms with Crippen LogP contribution in [0.4, 0.5) is 4.39 Å². The first kappa shape index (κ1) is 4.89. The Morgan fingerprint density at radius 1 is 2.00 bits per heavy atom. The normalized spacial score (nSPS) is 9.80. The zero-order valence-electron chi connectivity index (χ0n) is 3.08. The summed E-state index contributed by atoms with van der Waals surface area (Å²) in [7, 11) is -0.471. The van der Waals surface area contributed by atoms with Crippen LogP contribution in [0.2, 0.25) is 0 Å². The Hall–Kier alpha value is -0.113. The SMILES string of the molecule is C=C[SiH2]CF. The molecule has 0 rings (SSSR count). The number of rotatable bonds is 2. The fourth-order valence-electron chi connectivity index (χ4n) is 0.0772. The lowest BCUT2D eigenvalue weighted by Gasteiger charge is -1.67. The number of hydrogen-bond acceptors (Lipinski definition) is 0. The van der Waals surface area contributed by atoms with E-state index in [1.165, 1.54) is 0 Å². The van der Waals surface area contributed by atoms with E-state index in [2.05, 4.69) is 6.58 Å². The van der Waals surface area contributed by atoms with Gasteiger partial charge >= 0.3 is 0 Å². The van der Waals surface area contributed by atoms with Crippen molar-refractivity contribution in [3.63, 3.8) is 0 Å². The molecule has 0 amide bonds. The van der Waals surface area contributed by atoms with Gasteiger partial charge in [-0.05, 0) is 0 Å². The third-order valence-electron chi connectivity index (χ3n) is 0.313. The molecule has 0 spiro atoms. The van der Waals surface area contributed by atoms with Crippen molar-refractivity contribution in [3.05, 3.63) is 12.3 Å². The molecule has 30 valence electrons. The smallest absolute Gasteiger partial charge is 0.0816 e. The highest BCUT2D eigenvalue weighted by Gasteiger charge is 1.68. The minimum atomic E-state index is -0.471. The molecule has 0 aromatic heterocycles. The van der Waals surface area contributed by atoms with Gasteiger partial charge in [-0.25, -0.2) is 0 Å². The molecule has 0 fully saturated rings. The highest BCUT2D eigenvalue weighted by molar-refractivity contribution is 6.41. The third-order valence-corrected chi connectivity index (χ3v) is 0.940. The summed E-state index contributed by atoms with van der Waals surface area (Å²) >= 11 is 0. The summed E-state index contributed by atoms with van der Waals surface area (Å²) < 4.78 is 11.0. The van der Waals surface area contributed by atoms with Gasteiger partial charge < -0.3 is 0 Å². The number of halogens is 1. The summed E-state index contributed by atoms with van der Waals surface area (Å²) in [5.41, 5.74) is 1.69. The third kappa shape index (κ3) is 3.89. The lowest BCUT2D eigenvalue weighted by Crippen LogP contribution is -1.82. The van der Waals surface area contributed by atoms with E-state index in [0.29, 0.717) is 0 Å². The monoisotopic (exact) mass is 90.0 g/mol. The van der Waals surface area contributed by atoms with Gasteiger partial charge in [0.2, 0.25) is 0 Å². The van der Waals surface area contributed by atoms with Gasteiger partial charge in [0.25, 0.3) is 0 Å². The van der Waals surface area contributed by atoms with Gasteiger partial charge in [0, 0.05) is 0 Å². The summed E-state index contributed by atoms with van der Waals surface area (Å²) in [5.74, 6) is 0. The Bertz CT molecular complexity index is 28.1. The van der Waals surface area contributed by atoms with E-state index in [-0.39, 0.29) is 6.30 Å². The fraction of sp³-hybridized carbons (Fsp3) is 0.333. The van der Waals surface area contributed by atoms with Crippen LogP contribution < -0.4 is 0 Å². The summed E-state index contributed by atoms with van der Waals surface area (Å²) in [6.07, 6.45) is -0.135. The van der Waals surface area contributed by atoms with Crippen molar-refractivity contribution in [1.82, 2.24) is 0 Å². The highest BCUT2D eigenvalue weighted by Crippen LogP contribution is 1.60. The molecule has 5 heavy (non-hydrogen) atoms. The Labute approximate surface area is 33.5 Å². The Kier molecular flexibility index (Phi) is 3.80. The molecule has 0 unspecified atom stereocenters. The highest BCUT2D eigenvalue weighted by atomic mass is 28.2. The van der Waals surface area contributed by atoms with Crippen molar-refractivity contribution in [2.75, 3.05) is 6.30 Å². The van der Waals surface area contributed by atoms with Crippen molar-refractivity contribution in [1.29, 1.82) is 0 Å². The van der Waals surface area contributed by atoms with Crippen LogP contribution in [0, 0.1) is 0 Å². The maximum Gasteiger partial charge on any atom is 0.0816 e. The van der Waals surface area contributed by atoms with Gasteiger partial charge in [0.05, 0.1) is 15.8 Å². The second-order valence-electron chi connectivity index (χ2n) is 0.766. The molecule has 2 heteroatoms. The van der Waals surface area contributed by atoms with Crippen LogP contribution in [0.25, 0.3) is 0 Å². The van der Waals surface area contributed by atoms with Crippen molar-refractivity contribution < 1.29 is 4.39 Å². The minimum Gasteiger partial charge on any atom is -0.255 e. The van der Waals surface area contributed by atoms with Crippen molar-refractivity contribution in [3.8, 4) is 0 Å². The van der Waals surface area contributed by atoms with Crippen LogP contribution >= 0.6 is 0 Å². The molecule has 0 N–H and O–H groups in total. The van der Waals surface area contributed by atoms with Crippen LogP contribution in [0.3, 0.4) is 0 Å². The molecule has 0 aliphatic carbocycles. The second kappa shape index (κ2) is 3.89. The lowest BCUT2D eigenvalue weighted by atomic mass is 11.3. The van der Waals surface area contributed by atoms with Gasteiger partial charge in [-0.1, -0.05) is 0 Å². The summed E-state index contributed by atoms with van der Waals surface area (Å²) in [5, 5.41) is 0. The quantitative estimate of drug-likeness (QED) is 0.426. The molecule has 0 bridgehead atoms. The summed E-state index contributed by atoms with van der Waals surface area (Å²) in [6, 6.07) is 0. The Morgan fingerprint density at radius 2 is 2.60 bits per heavy atom. The predicted octanol–water partition coefficient (Wildman–Crippen LogP) is 0.226. The molecular weight excluding hydrogens is 83.1 g/mol. The molecular formula is C3H7FSi. The van der Waals surface area contributed by atoms with Gasteiger partial charge in [0.15, 0.2) is 0 Å². The van der Waals surface area contributed by atoms with E-state index in [1.807, 2.05) is 0 Å². The zero-order valence-corrected chi connectivity index (χ0v) is 4.49. The van der Waals surface area contributed by atoms with Gasteiger partial charge in [-0.15, -0.1) is 12.3 Å². The Morgan fingerprint density at radius 3 is 2.60 bits per heavy atom. The maximum absolute atomic E-state index is 11.0. The predicted molar refractivity (Wildman–Crippen MR) is 24.7 cm³/mol. The largest absolute Gasteiger partial charge is 0.255 e. The van der Waals surface area contributed by atoms with Crippen LogP contribution in [0.15, 0.2) is 12.3 Å². The second-order valence-corrected chi connectivity index (χ2v) is 2.30. The van der Waals surface area contributed by atoms with Gasteiger partial charge in [0.1, 0.15) is 0 Å². The fourth-order valence-corrected chi connectivity index (χ4v) is 0.231. The average Bonchev–Trinajstić information content (AvgIpc) is 1.41. The molecule has 0 aliphatic rings. The van der Waals surface area contributed by atoms with Crippen LogP contribution in [0.1, 0.15) is 0 Å². The molecule has 0 atom stereocenters. The van der Waals surface area contributed by atoms with Crippen molar-refractivity contribution in [2.45, 2.75) is 0 Å². The van der Waals surface area contributed by atoms with E-state index >= 15 is 0 Å². The molecule has 0 saturated carbocycles. The molecule has 0 radical (unpaired) electrons. The van der Waals surface area contributed by atoms with E-state index in [9.17, 15) is 4.39 Å². The van der Waals surface area contributed by atoms with Crippen molar-refractivity contribution >= 4 is 9.52 Å². The average molecular weight is 90.2 g/mol. The van der Waals surface area contributed by atoms with Gasteiger partial charge in [-0.2, -0.15) is 0 Å². The van der Waals surface area contributed by atoms with E-state index in [1.54, 1.807) is 5.70 Å². The zero-order chi connectivity index (χ0) is 4.12. The first-order chi connectivity index (χ1) is 2.41. The standard InChI is InChI=1S/C3H7FSi/c1-2-5-3-4/h2H,1,3,5H2. The number of hydrogen-bond donors (Lipinski definition) is 0. The molecule has 0 aliphatic heterocycles. The van der Waals surface area contributed by atoms with E-state index < -0.39 is 9.52 Å². The summed E-state index contributed by atoms with van der Waals surface area (Å²) in [6.45, 7) is 3.37. The maximum atomic E-state index is 11.0. The van der Waals surface area contributed by atoms with Crippen LogP contribution in [-0.2, 0) is 0 Å². The summed E-state index contributed by atoms with van der Waals surface area (Å²) in [4.78, 5) is 0. The van der Waals surface area contributed by atoms with Crippen LogP contribution in [-0.4, -0.2) is 15.8 Å². The molecule has 0 aromatic carbocycles. The molecule has 0 heterocycles. The molecule has 0 aromatic rings. The lowest BCUT2D eigenvalue weighted by molar-refractivity contribution is 0.595. The molecule has 0 saturated heterocycles. The first-order valence-corrected chi connectivity index (χ1v) is 3.40. The van der Waals surface area contributed by atoms with E-state index in [4.69, 9.17) is 0 Å². The van der Waals surface area contributed by atoms with Crippen LogP contribution in [0.5, 0.6) is 0 Å². The van der Waals surface area contributed by atoms with Gasteiger partial charge in [-0.3, -0.25) is 4.39 Å². The Balaban J connectivity index is 2.40. The number of alkyl halides is 1. The first-order valence-electron chi connectivity index (χ1n) is 1.58.